The zero-order chi connectivity index (χ0) is 14.3. The lowest BCUT2D eigenvalue weighted by molar-refractivity contribution is -0.124. The van der Waals surface area contributed by atoms with Gasteiger partial charge in [0, 0.05) is 13.1 Å². The van der Waals surface area contributed by atoms with E-state index in [0.717, 1.165) is 21.6 Å². The van der Waals surface area contributed by atoms with Gasteiger partial charge in [0.15, 0.2) is 0 Å². The highest BCUT2D eigenvalue weighted by Crippen LogP contribution is 2.23. The molecule has 0 N–H and O–H groups in total. The molecule has 0 spiro atoms. The quantitative estimate of drug-likeness (QED) is 0.776. The molecule has 2 aliphatic rings. The van der Waals surface area contributed by atoms with Gasteiger partial charge in [-0.25, -0.2) is 0 Å². The Labute approximate surface area is 118 Å². The number of rotatable bonds is 3. The van der Waals surface area contributed by atoms with E-state index in [0.29, 0.717) is 11.1 Å². The number of carbonyl (C=O) groups is 4. The second kappa shape index (κ2) is 4.75. The first-order valence-electron chi connectivity index (χ1n) is 6.02. The molecule has 20 heavy (non-hydrogen) atoms. The summed E-state index contributed by atoms with van der Waals surface area (Å²) in [6.45, 7) is 0.0839. The average Bonchev–Trinajstić information content (AvgIpc) is 2.89. The maximum atomic E-state index is 12.1. The monoisotopic (exact) mass is 290 g/mol. The highest BCUT2D eigenvalue weighted by Gasteiger charge is 2.37. The van der Waals surface area contributed by atoms with E-state index in [1.54, 1.807) is 24.3 Å². The summed E-state index contributed by atoms with van der Waals surface area (Å²) in [5.41, 5.74) is 0.733. The first-order valence-corrected chi connectivity index (χ1v) is 7.00. The van der Waals surface area contributed by atoms with Gasteiger partial charge in [0.2, 0.25) is 5.91 Å². The molecule has 1 fully saturated rings. The molecular weight excluding hydrogens is 280 g/mol. The van der Waals surface area contributed by atoms with Gasteiger partial charge in [-0.15, -0.1) is 0 Å². The van der Waals surface area contributed by atoms with Gasteiger partial charge in [-0.3, -0.25) is 29.0 Å². The van der Waals surface area contributed by atoms with Crippen LogP contribution in [0.25, 0.3) is 0 Å². The number of amides is 4. The first kappa shape index (κ1) is 12.9. The summed E-state index contributed by atoms with van der Waals surface area (Å²) in [6, 6.07) is 6.57. The summed E-state index contributed by atoms with van der Waals surface area (Å²) in [6.07, 6.45) is 0. The van der Waals surface area contributed by atoms with Gasteiger partial charge in [0.1, 0.15) is 0 Å². The Bertz CT molecular complexity index is 592. The third kappa shape index (κ3) is 1.90. The Morgan fingerprint density at radius 2 is 1.45 bits per heavy atom. The fraction of sp³-hybridized carbons (Fsp3) is 0.231. The molecule has 0 bridgehead atoms. The molecule has 0 aromatic heterocycles. The maximum absolute atomic E-state index is 12.1. The summed E-state index contributed by atoms with van der Waals surface area (Å²) < 4.78 is 0. The third-order valence-electron chi connectivity index (χ3n) is 3.27. The lowest BCUT2D eigenvalue weighted by Crippen LogP contribution is -2.40. The van der Waals surface area contributed by atoms with Crippen LogP contribution in [-0.4, -0.2) is 51.6 Å². The largest absolute Gasteiger partial charge is 0.288 e. The smallest absolute Gasteiger partial charge is 0.273 e. The lowest BCUT2D eigenvalue weighted by Gasteiger charge is -2.18. The molecule has 102 valence electrons. The van der Waals surface area contributed by atoms with Crippen molar-refractivity contribution in [1.82, 2.24) is 9.80 Å². The van der Waals surface area contributed by atoms with Crippen molar-refractivity contribution in [1.29, 1.82) is 0 Å². The number of hydrogen-bond donors (Lipinski definition) is 0. The van der Waals surface area contributed by atoms with Crippen molar-refractivity contribution in [3.8, 4) is 0 Å². The number of imide groups is 2. The Morgan fingerprint density at radius 3 is 1.95 bits per heavy atom. The molecule has 0 saturated carbocycles. The summed E-state index contributed by atoms with van der Waals surface area (Å²) in [4.78, 5) is 49.2. The zero-order valence-corrected chi connectivity index (χ0v) is 11.2. The van der Waals surface area contributed by atoms with E-state index in [9.17, 15) is 19.2 Å². The van der Waals surface area contributed by atoms with Crippen LogP contribution < -0.4 is 0 Å². The molecule has 1 saturated heterocycles. The van der Waals surface area contributed by atoms with Crippen molar-refractivity contribution in [2.24, 2.45) is 0 Å². The predicted octanol–water partition coefficient (Wildman–Crippen LogP) is 0.978. The molecule has 7 heteroatoms. The van der Waals surface area contributed by atoms with Crippen LogP contribution >= 0.6 is 11.8 Å². The first-order chi connectivity index (χ1) is 9.59. The highest BCUT2D eigenvalue weighted by atomic mass is 32.2. The number of hydrogen-bond acceptors (Lipinski definition) is 5. The van der Waals surface area contributed by atoms with Crippen LogP contribution in [0.5, 0.6) is 0 Å². The van der Waals surface area contributed by atoms with Crippen LogP contribution in [0.3, 0.4) is 0 Å². The second-order valence-corrected chi connectivity index (χ2v) is 5.33. The average molecular weight is 290 g/mol. The van der Waals surface area contributed by atoms with Gasteiger partial charge < -0.3 is 0 Å². The molecule has 2 heterocycles. The third-order valence-corrected chi connectivity index (χ3v) is 4.12. The Balaban J connectivity index is 1.74. The zero-order valence-electron chi connectivity index (χ0n) is 10.4. The van der Waals surface area contributed by atoms with E-state index in [1.807, 2.05) is 0 Å². The minimum absolute atomic E-state index is 0.0321. The number of thioether (sulfide) groups is 1. The molecular formula is C13H10N2O4S. The lowest BCUT2D eigenvalue weighted by atomic mass is 10.1. The van der Waals surface area contributed by atoms with Gasteiger partial charge in [0.05, 0.1) is 16.9 Å². The van der Waals surface area contributed by atoms with Gasteiger partial charge >= 0.3 is 0 Å². The SMILES string of the molecule is O=C1CSC(=O)N1CCN1C(=O)c2ccccc2C1=O. The molecule has 2 aliphatic heterocycles. The van der Waals surface area contributed by atoms with Crippen LogP contribution in [0.1, 0.15) is 20.7 Å². The van der Waals surface area contributed by atoms with Crippen molar-refractivity contribution < 1.29 is 19.2 Å². The number of fused-ring (bicyclic) bond motifs is 1. The predicted molar refractivity (Wildman–Crippen MR) is 71.4 cm³/mol. The molecule has 0 aliphatic carbocycles. The minimum Gasteiger partial charge on any atom is -0.273 e. The molecule has 1 aromatic carbocycles. The number of carbonyl (C=O) groups excluding carboxylic acids is 4. The normalized spacial score (nSPS) is 18.2. The van der Waals surface area contributed by atoms with E-state index >= 15 is 0 Å². The van der Waals surface area contributed by atoms with Gasteiger partial charge in [-0.2, -0.15) is 0 Å². The maximum Gasteiger partial charge on any atom is 0.288 e. The van der Waals surface area contributed by atoms with E-state index in [2.05, 4.69) is 0 Å². The van der Waals surface area contributed by atoms with Gasteiger partial charge in [-0.1, -0.05) is 23.9 Å². The summed E-state index contributed by atoms with van der Waals surface area (Å²) in [7, 11) is 0. The fourth-order valence-electron chi connectivity index (χ4n) is 2.24. The molecule has 4 amide bonds. The Kier molecular flexibility index (Phi) is 3.06. The molecule has 6 nitrogen and oxygen atoms in total. The Hall–Kier alpha value is -2.15. The molecule has 3 rings (SSSR count). The van der Waals surface area contributed by atoms with Crippen molar-refractivity contribution in [3.05, 3.63) is 35.4 Å². The van der Waals surface area contributed by atoms with Crippen LogP contribution in [0.4, 0.5) is 4.79 Å². The van der Waals surface area contributed by atoms with Crippen molar-refractivity contribution in [2.45, 2.75) is 0 Å². The minimum atomic E-state index is -0.377. The number of nitrogens with zero attached hydrogens (tertiary/aromatic N) is 2. The standard InChI is InChI=1S/C13H10N2O4S/c16-10-7-20-13(19)14(10)5-6-15-11(17)8-3-1-2-4-9(8)12(15)18/h1-4H,5-7H2. The van der Waals surface area contributed by atoms with Crippen LogP contribution in [0.2, 0.25) is 0 Å². The van der Waals surface area contributed by atoms with E-state index in [4.69, 9.17) is 0 Å². The van der Waals surface area contributed by atoms with Crippen LogP contribution in [0.15, 0.2) is 24.3 Å². The molecule has 0 unspecified atom stereocenters. The molecule has 0 atom stereocenters. The van der Waals surface area contributed by atoms with Gasteiger partial charge in [-0.05, 0) is 12.1 Å². The summed E-state index contributed by atoms with van der Waals surface area (Å²) in [5.74, 6) is -0.910. The molecule has 0 radical (unpaired) electrons. The van der Waals surface area contributed by atoms with Crippen LogP contribution in [-0.2, 0) is 4.79 Å². The van der Waals surface area contributed by atoms with E-state index < -0.39 is 0 Å². The van der Waals surface area contributed by atoms with Crippen molar-refractivity contribution in [2.75, 3.05) is 18.8 Å². The second-order valence-electron chi connectivity index (χ2n) is 4.41. The summed E-state index contributed by atoms with van der Waals surface area (Å²) in [5, 5.41) is -0.327. The number of benzene rings is 1. The van der Waals surface area contributed by atoms with E-state index in [1.165, 1.54) is 0 Å². The van der Waals surface area contributed by atoms with Gasteiger partial charge in [0.25, 0.3) is 17.1 Å². The highest BCUT2D eigenvalue weighted by molar-refractivity contribution is 8.14. The van der Waals surface area contributed by atoms with Crippen LogP contribution in [0, 0.1) is 0 Å². The summed E-state index contributed by atoms with van der Waals surface area (Å²) >= 11 is 0.934. The van der Waals surface area contributed by atoms with Crippen molar-refractivity contribution in [3.63, 3.8) is 0 Å². The van der Waals surface area contributed by atoms with Crippen molar-refractivity contribution >= 4 is 34.7 Å². The van der Waals surface area contributed by atoms with E-state index in [-0.39, 0.29) is 41.8 Å². The fourth-order valence-corrected chi connectivity index (χ4v) is 2.99. The topological polar surface area (TPSA) is 74.8 Å². The molecule has 1 aromatic rings. The Morgan fingerprint density at radius 1 is 0.900 bits per heavy atom.